The van der Waals surface area contributed by atoms with Crippen LogP contribution in [0.4, 0.5) is 0 Å². The first kappa shape index (κ1) is 14.9. The summed E-state index contributed by atoms with van der Waals surface area (Å²) in [5.41, 5.74) is 2.23. The molecular formula is C20H26ClNO2S2. The highest BCUT2D eigenvalue weighted by Crippen LogP contribution is 2.35. The minimum atomic E-state index is -2.64. The average molecular weight is 417 g/mol. The maximum atomic E-state index is 11.4. The van der Waals surface area contributed by atoms with Gasteiger partial charge < -0.3 is 10.0 Å². The van der Waals surface area contributed by atoms with Crippen LogP contribution in [0.5, 0.6) is 0 Å². The molecule has 3 nitrogen and oxygen atoms in total. The summed E-state index contributed by atoms with van der Waals surface area (Å²) in [5, 5.41) is 13.1. The Labute approximate surface area is 176 Å². The highest BCUT2D eigenvalue weighted by atomic mass is 35.5. The average Bonchev–Trinajstić information content (AvgIpc) is 3.31. The fraction of sp³-hybridized carbons (Fsp3) is 0.450. The van der Waals surface area contributed by atoms with Crippen molar-refractivity contribution in [3.05, 3.63) is 49.8 Å². The molecule has 1 N–H and O–H groups in total. The van der Waals surface area contributed by atoms with Gasteiger partial charge in [0, 0.05) is 33.9 Å². The normalized spacial score (nSPS) is 21.5. The molecule has 2 aromatic heterocycles. The minimum absolute atomic E-state index is 0. The Balaban J connectivity index is 0.00000341. The molecule has 1 aliphatic heterocycles. The first-order chi connectivity index (χ1) is 14.0. The Morgan fingerprint density at radius 1 is 1.35 bits per heavy atom. The van der Waals surface area contributed by atoms with Crippen LogP contribution in [-0.2, 0) is 4.79 Å². The maximum Gasteiger partial charge on any atom is 0.307 e. The number of nitrogens with zero attached hydrogens (tertiary/aromatic N) is 1. The summed E-state index contributed by atoms with van der Waals surface area (Å²) >= 11 is 2.82. The molecule has 0 bridgehead atoms. The van der Waals surface area contributed by atoms with E-state index in [9.17, 15) is 9.90 Å². The fourth-order valence-corrected chi connectivity index (χ4v) is 4.85. The number of likely N-dealkylation sites (tertiary alicyclic amines) is 1. The minimum Gasteiger partial charge on any atom is -0.481 e. The van der Waals surface area contributed by atoms with E-state index in [0.29, 0.717) is 18.4 Å². The molecule has 3 rings (SSSR count). The number of carboxylic acids is 1. The van der Waals surface area contributed by atoms with Crippen LogP contribution in [0.15, 0.2) is 28.9 Å². The van der Waals surface area contributed by atoms with Gasteiger partial charge in [-0.15, -0.1) is 35.1 Å². The molecule has 1 atom stereocenters. The van der Waals surface area contributed by atoms with Crippen LogP contribution >= 0.6 is 35.1 Å². The van der Waals surface area contributed by atoms with Crippen molar-refractivity contribution < 1.29 is 16.8 Å². The highest BCUT2D eigenvalue weighted by molar-refractivity contribution is 7.14. The summed E-state index contributed by atoms with van der Waals surface area (Å²) in [6, 6.07) is 3.39. The predicted octanol–water partition coefficient (Wildman–Crippen LogP) is 5.47. The lowest BCUT2D eigenvalue weighted by atomic mass is 9.98. The molecule has 26 heavy (non-hydrogen) atoms. The molecule has 0 saturated carbocycles. The van der Waals surface area contributed by atoms with E-state index in [2.05, 4.69) is 0 Å². The van der Waals surface area contributed by atoms with Crippen LogP contribution in [0.1, 0.15) is 46.9 Å². The van der Waals surface area contributed by atoms with Gasteiger partial charge in [0.1, 0.15) is 0 Å². The van der Waals surface area contributed by atoms with E-state index in [1.807, 2.05) is 36.7 Å². The van der Waals surface area contributed by atoms with E-state index >= 15 is 0 Å². The number of piperidine rings is 1. The van der Waals surface area contributed by atoms with E-state index in [1.54, 1.807) is 0 Å². The Morgan fingerprint density at radius 3 is 2.46 bits per heavy atom. The molecule has 0 amide bonds. The Morgan fingerprint density at radius 2 is 1.96 bits per heavy atom. The summed E-state index contributed by atoms with van der Waals surface area (Å²) in [6.45, 7) is 1.46. The number of halogens is 1. The maximum absolute atomic E-state index is 11.4. The fourth-order valence-electron chi connectivity index (χ4n) is 2.92. The van der Waals surface area contributed by atoms with E-state index in [4.69, 9.17) is 6.85 Å². The van der Waals surface area contributed by atoms with E-state index in [1.165, 1.54) is 27.6 Å². The number of aryl methyl sites for hydroxylation is 2. The summed E-state index contributed by atoms with van der Waals surface area (Å²) in [7, 11) is 0. The van der Waals surface area contributed by atoms with Crippen molar-refractivity contribution in [2.45, 2.75) is 33.1 Å². The quantitative estimate of drug-likeness (QED) is 0.678. The molecule has 6 heteroatoms. The third-order valence-electron chi connectivity index (χ3n) is 4.35. The first-order valence-corrected chi connectivity index (χ1v) is 10.0. The van der Waals surface area contributed by atoms with Crippen LogP contribution in [-0.4, -0.2) is 35.6 Å². The number of rotatable bonds is 6. The number of thiophene rings is 2. The summed E-state index contributed by atoms with van der Waals surface area (Å²) in [6.07, 6.45) is -1.72. The van der Waals surface area contributed by atoms with E-state index in [-0.39, 0.29) is 25.5 Å². The summed E-state index contributed by atoms with van der Waals surface area (Å²) < 4.78 is 43.4. The molecule has 2 aromatic rings. The van der Waals surface area contributed by atoms with Crippen molar-refractivity contribution in [1.29, 1.82) is 0 Å². The van der Waals surface area contributed by atoms with Crippen LogP contribution in [0.3, 0.4) is 0 Å². The summed E-state index contributed by atoms with van der Waals surface area (Å²) in [4.78, 5) is 14.2. The molecule has 142 valence electrons. The van der Waals surface area contributed by atoms with Crippen molar-refractivity contribution in [2.24, 2.45) is 5.92 Å². The number of carbonyl (C=O) groups is 1. The van der Waals surface area contributed by atoms with Gasteiger partial charge in [0.05, 0.1) is 7.29 Å². The largest absolute Gasteiger partial charge is 0.481 e. The first-order valence-electron chi connectivity index (χ1n) is 10.8. The Kier molecular flexibility index (Phi) is 5.54. The zero-order chi connectivity index (χ0) is 22.3. The molecular weight excluding hydrogens is 386 g/mol. The van der Waals surface area contributed by atoms with Crippen molar-refractivity contribution in [2.75, 3.05) is 19.6 Å². The Bertz CT molecular complexity index is 930. The van der Waals surface area contributed by atoms with Gasteiger partial charge in [-0.3, -0.25) is 4.79 Å². The number of carboxylic acid groups (broad SMARTS) is 1. The molecule has 0 radical (unpaired) electrons. The number of aliphatic carboxylic acids is 1. The van der Waals surface area contributed by atoms with Crippen LogP contribution in [0, 0.1) is 19.8 Å². The van der Waals surface area contributed by atoms with Gasteiger partial charge in [0.15, 0.2) is 0 Å². The van der Waals surface area contributed by atoms with Crippen LogP contribution < -0.4 is 0 Å². The van der Waals surface area contributed by atoms with Crippen molar-refractivity contribution in [3.63, 3.8) is 0 Å². The third kappa shape index (κ3) is 4.97. The van der Waals surface area contributed by atoms with Crippen molar-refractivity contribution in [3.8, 4) is 0 Å². The van der Waals surface area contributed by atoms with E-state index in [0.717, 1.165) is 20.9 Å². The predicted molar refractivity (Wildman–Crippen MR) is 114 cm³/mol. The van der Waals surface area contributed by atoms with Crippen molar-refractivity contribution >= 4 is 46.6 Å². The molecule has 1 fully saturated rings. The lowest BCUT2D eigenvalue weighted by molar-refractivity contribution is -0.143. The lowest BCUT2D eigenvalue weighted by Crippen LogP contribution is -2.39. The second-order valence-electron chi connectivity index (χ2n) is 6.23. The van der Waals surface area contributed by atoms with Gasteiger partial charge in [-0.2, -0.15) is 0 Å². The molecule has 1 saturated heterocycles. The van der Waals surface area contributed by atoms with Crippen molar-refractivity contribution in [1.82, 2.24) is 4.90 Å². The second-order valence-corrected chi connectivity index (χ2v) is 8.06. The van der Waals surface area contributed by atoms with E-state index < -0.39 is 30.8 Å². The number of hydrogen-bond acceptors (Lipinski definition) is 4. The highest BCUT2D eigenvalue weighted by Gasteiger charge is 2.24. The van der Waals surface area contributed by atoms with Gasteiger partial charge in [0.25, 0.3) is 0 Å². The molecule has 0 unspecified atom stereocenters. The monoisotopic (exact) mass is 416 g/mol. The lowest BCUT2D eigenvalue weighted by Gasteiger charge is -2.30. The molecule has 0 spiro atoms. The molecule has 3 heterocycles. The third-order valence-corrected chi connectivity index (χ3v) is 6.42. The van der Waals surface area contributed by atoms with Gasteiger partial charge in [-0.1, -0.05) is 6.05 Å². The van der Waals surface area contributed by atoms with Crippen LogP contribution in [0.25, 0.3) is 5.57 Å². The van der Waals surface area contributed by atoms with Gasteiger partial charge in [-0.25, -0.2) is 0 Å². The van der Waals surface area contributed by atoms with Gasteiger partial charge >= 0.3 is 5.97 Å². The molecule has 1 aliphatic rings. The smallest absolute Gasteiger partial charge is 0.307 e. The Hall–Kier alpha value is -1.14. The number of hydrogen-bond donors (Lipinski definition) is 1. The standard InChI is InChI=1S/C20H25NO2S2.ClH/c1-14-7-11-24-18(14)17(19-15(2)8-12-25-19)6-4-10-21-9-3-5-16(13-21)20(22)23;/h6-8,11-12,16H,3-5,9-10,13H2,1-2H3,(H,22,23);1H/t16-;/m1./s1/i4D2,6D,10D2;. The molecule has 0 aliphatic carbocycles. The molecule has 0 aromatic carbocycles. The van der Waals surface area contributed by atoms with Crippen LogP contribution in [0.2, 0.25) is 0 Å². The van der Waals surface area contributed by atoms with Gasteiger partial charge in [0.2, 0.25) is 0 Å². The van der Waals surface area contributed by atoms with Gasteiger partial charge in [-0.05, 0) is 73.6 Å². The zero-order valence-electron chi connectivity index (χ0n) is 19.7. The topological polar surface area (TPSA) is 40.5 Å². The second kappa shape index (κ2) is 9.70. The zero-order valence-corrected chi connectivity index (χ0v) is 17.2. The SMILES string of the molecule is Cl.[2H]C(=C(c1sccc1C)c1sccc1C)C([2H])([2H])C([2H])([2H])N1CCC[C@@H](C(=O)O)C1. The summed E-state index contributed by atoms with van der Waals surface area (Å²) in [5.74, 6) is -1.73.